The quantitative estimate of drug-likeness (QED) is 0.691. The molecule has 1 aliphatic heterocycles. The number of carbonyl (C=O) groups excluding carboxylic acids is 2. The maximum Gasteiger partial charge on any atom is 0.241 e. The standard InChI is InChI=1S/C21H24FN3O3/c1-14(20(27)23-17-7-3-2-6-16(17)22)25-12-10-15(11-13-25)21(28)24-18-8-4-5-9-19(18)26/h2-9,14-15,26H,10-13H2,1H3,(H,23,27)(H,24,28). The van der Waals surface area contributed by atoms with Crippen LogP contribution in [-0.4, -0.2) is 41.0 Å². The molecule has 148 valence electrons. The van der Waals surface area contributed by atoms with E-state index in [0.717, 1.165) is 0 Å². The molecule has 0 radical (unpaired) electrons. The first-order valence-corrected chi connectivity index (χ1v) is 9.34. The monoisotopic (exact) mass is 385 g/mol. The summed E-state index contributed by atoms with van der Waals surface area (Å²) in [6.07, 6.45) is 1.22. The molecule has 28 heavy (non-hydrogen) atoms. The van der Waals surface area contributed by atoms with Crippen molar-refractivity contribution in [2.45, 2.75) is 25.8 Å². The Labute approximate surface area is 163 Å². The third-order valence-corrected chi connectivity index (χ3v) is 5.12. The van der Waals surface area contributed by atoms with Gasteiger partial charge in [-0.15, -0.1) is 0 Å². The summed E-state index contributed by atoms with van der Waals surface area (Å²) in [5, 5.41) is 15.2. The zero-order valence-electron chi connectivity index (χ0n) is 15.7. The average Bonchev–Trinajstić information content (AvgIpc) is 2.71. The predicted molar refractivity (Wildman–Crippen MR) is 106 cm³/mol. The molecule has 0 spiro atoms. The van der Waals surface area contributed by atoms with Crippen LogP contribution in [0.4, 0.5) is 15.8 Å². The highest BCUT2D eigenvalue weighted by atomic mass is 19.1. The maximum absolute atomic E-state index is 13.7. The van der Waals surface area contributed by atoms with Crippen molar-refractivity contribution in [3.63, 3.8) is 0 Å². The Kier molecular flexibility index (Phi) is 6.26. The van der Waals surface area contributed by atoms with Crippen molar-refractivity contribution in [3.8, 4) is 5.75 Å². The number of halogens is 1. The number of aromatic hydroxyl groups is 1. The van der Waals surface area contributed by atoms with E-state index in [1.54, 1.807) is 37.3 Å². The van der Waals surface area contributed by atoms with E-state index in [1.807, 2.05) is 4.90 Å². The maximum atomic E-state index is 13.7. The van der Waals surface area contributed by atoms with Gasteiger partial charge in [0, 0.05) is 5.92 Å². The topological polar surface area (TPSA) is 81.7 Å². The lowest BCUT2D eigenvalue weighted by Crippen LogP contribution is -2.47. The van der Waals surface area contributed by atoms with Crippen molar-refractivity contribution < 1.29 is 19.1 Å². The Bertz CT molecular complexity index is 850. The van der Waals surface area contributed by atoms with Crippen LogP contribution in [0, 0.1) is 11.7 Å². The fourth-order valence-electron chi connectivity index (χ4n) is 3.33. The molecule has 1 heterocycles. The average molecular weight is 385 g/mol. The first-order valence-electron chi connectivity index (χ1n) is 9.34. The number of benzene rings is 2. The highest BCUT2D eigenvalue weighted by Crippen LogP contribution is 2.25. The van der Waals surface area contributed by atoms with E-state index in [-0.39, 0.29) is 29.2 Å². The number of phenolic OH excluding ortho intramolecular Hbond substituents is 1. The third kappa shape index (κ3) is 4.67. The number of piperidine rings is 1. The van der Waals surface area contributed by atoms with Crippen LogP contribution in [0.15, 0.2) is 48.5 Å². The zero-order valence-corrected chi connectivity index (χ0v) is 15.7. The number of nitrogens with one attached hydrogen (secondary N) is 2. The Morgan fingerprint density at radius 3 is 2.29 bits per heavy atom. The lowest BCUT2D eigenvalue weighted by atomic mass is 9.94. The molecular weight excluding hydrogens is 361 g/mol. The second kappa shape index (κ2) is 8.84. The van der Waals surface area contributed by atoms with E-state index in [1.165, 1.54) is 18.2 Å². The first kappa shape index (κ1) is 19.8. The van der Waals surface area contributed by atoms with E-state index in [9.17, 15) is 19.1 Å². The summed E-state index contributed by atoms with van der Waals surface area (Å²) >= 11 is 0. The molecule has 7 heteroatoms. The van der Waals surface area contributed by atoms with Gasteiger partial charge in [0.15, 0.2) is 0 Å². The zero-order chi connectivity index (χ0) is 20.1. The summed E-state index contributed by atoms with van der Waals surface area (Å²) in [6.45, 7) is 2.95. The number of nitrogens with zero attached hydrogens (tertiary/aromatic N) is 1. The van der Waals surface area contributed by atoms with E-state index in [2.05, 4.69) is 10.6 Å². The van der Waals surface area contributed by atoms with Crippen LogP contribution >= 0.6 is 0 Å². The number of likely N-dealkylation sites (tertiary alicyclic amines) is 1. The van der Waals surface area contributed by atoms with Gasteiger partial charge in [0.1, 0.15) is 11.6 Å². The lowest BCUT2D eigenvalue weighted by Gasteiger charge is -2.34. The molecule has 3 N–H and O–H groups in total. The van der Waals surface area contributed by atoms with E-state index < -0.39 is 11.9 Å². The predicted octanol–water partition coefficient (Wildman–Crippen LogP) is 3.21. The van der Waals surface area contributed by atoms with Crippen LogP contribution in [0.2, 0.25) is 0 Å². The van der Waals surface area contributed by atoms with Crippen molar-refractivity contribution in [2.24, 2.45) is 5.92 Å². The van der Waals surface area contributed by atoms with Gasteiger partial charge in [-0.05, 0) is 57.1 Å². The molecule has 1 aliphatic rings. The molecule has 3 rings (SSSR count). The Morgan fingerprint density at radius 2 is 1.64 bits per heavy atom. The van der Waals surface area contributed by atoms with Crippen LogP contribution in [0.5, 0.6) is 5.75 Å². The SMILES string of the molecule is CC(C(=O)Nc1ccccc1F)N1CCC(C(=O)Nc2ccccc2O)CC1. The first-order chi connectivity index (χ1) is 13.5. The number of hydrogen-bond donors (Lipinski definition) is 3. The molecule has 1 atom stereocenters. The number of hydrogen-bond acceptors (Lipinski definition) is 4. The van der Waals surface area contributed by atoms with Gasteiger partial charge < -0.3 is 15.7 Å². The van der Waals surface area contributed by atoms with Gasteiger partial charge >= 0.3 is 0 Å². The van der Waals surface area contributed by atoms with Crippen molar-refractivity contribution in [1.29, 1.82) is 0 Å². The van der Waals surface area contributed by atoms with Gasteiger partial charge in [-0.25, -0.2) is 4.39 Å². The van der Waals surface area contributed by atoms with Crippen molar-refractivity contribution >= 4 is 23.2 Å². The molecule has 0 bridgehead atoms. The van der Waals surface area contributed by atoms with Gasteiger partial charge in [0.2, 0.25) is 11.8 Å². The minimum absolute atomic E-state index is 0.0340. The lowest BCUT2D eigenvalue weighted by molar-refractivity contribution is -0.123. The molecule has 1 unspecified atom stereocenters. The minimum Gasteiger partial charge on any atom is -0.506 e. The highest BCUT2D eigenvalue weighted by molar-refractivity contribution is 5.95. The molecule has 2 amide bonds. The Morgan fingerprint density at radius 1 is 1.04 bits per heavy atom. The van der Waals surface area contributed by atoms with Crippen molar-refractivity contribution in [1.82, 2.24) is 4.90 Å². The highest BCUT2D eigenvalue weighted by Gasteiger charge is 2.30. The molecule has 6 nitrogen and oxygen atoms in total. The molecular formula is C21H24FN3O3. The van der Waals surface area contributed by atoms with E-state index in [0.29, 0.717) is 31.6 Å². The van der Waals surface area contributed by atoms with Gasteiger partial charge in [-0.2, -0.15) is 0 Å². The summed E-state index contributed by atoms with van der Waals surface area (Å²) < 4.78 is 13.7. The number of amides is 2. The van der Waals surface area contributed by atoms with Gasteiger partial charge in [0.05, 0.1) is 17.4 Å². The van der Waals surface area contributed by atoms with Crippen LogP contribution in [-0.2, 0) is 9.59 Å². The van der Waals surface area contributed by atoms with Gasteiger partial charge in [-0.3, -0.25) is 14.5 Å². The van der Waals surface area contributed by atoms with Crippen molar-refractivity contribution in [2.75, 3.05) is 23.7 Å². The molecule has 1 fully saturated rings. The minimum atomic E-state index is -0.470. The molecule has 1 saturated heterocycles. The van der Waals surface area contributed by atoms with E-state index >= 15 is 0 Å². The molecule has 0 aromatic heterocycles. The number of carbonyl (C=O) groups is 2. The van der Waals surface area contributed by atoms with Crippen LogP contribution in [0.25, 0.3) is 0 Å². The summed E-state index contributed by atoms with van der Waals surface area (Å²) in [7, 11) is 0. The number of rotatable bonds is 5. The van der Waals surface area contributed by atoms with Gasteiger partial charge in [0.25, 0.3) is 0 Å². The normalized spacial score (nSPS) is 16.4. The Hall–Kier alpha value is -2.93. The number of para-hydroxylation sites is 3. The third-order valence-electron chi connectivity index (χ3n) is 5.12. The summed E-state index contributed by atoms with van der Waals surface area (Å²) in [5.74, 6) is -1.03. The summed E-state index contributed by atoms with van der Waals surface area (Å²) in [5.41, 5.74) is 0.559. The summed E-state index contributed by atoms with van der Waals surface area (Å²) in [6, 6.07) is 12.2. The number of anilines is 2. The molecule has 2 aromatic rings. The van der Waals surface area contributed by atoms with Crippen LogP contribution in [0.1, 0.15) is 19.8 Å². The fourth-order valence-corrected chi connectivity index (χ4v) is 3.33. The van der Waals surface area contributed by atoms with E-state index in [4.69, 9.17) is 0 Å². The molecule has 2 aromatic carbocycles. The summed E-state index contributed by atoms with van der Waals surface area (Å²) in [4.78, 5) is 26.9. The largest absolute Gasteiger partial charge is 0.506 e. The second-order valence-corrected chi connectivity index (χ2v) is 6.96. The van der Waals surface area contributed by atoms with Crippen LogP contribution in [0.3, 0.4) is 0 Å². The number of phenols is 1. The van der Waals surface area contributed by atoms with Crippen LogP contribution < -0.4 is 10.6 Å². The second-order valence-electron chi connectivity index (χ2n) is 6.96. The molecule has 0 saturated carbocycles. The smallest absolute Gasteiger partial charge is 0.241 e. The Balaban J connectivity index is 1.51. The molecule has 0 aliphatic carbocycles. The fraction of sp³-hybridized carbons (Fsp3) is 0.333. The van der Waals surface area contributed by atoms with Gasteiger partial charge in [-0.1, -0.05) is 24.3 Å². The van der Waals surface area contributed by atoms with Crippen molar-refractivity contribution in [3.05, 3.63) is 54.3 Å².